The number of carbonyl (C=O) groups excluding carboxylic acids is 7. The Morgan fingerprint density at radius 1 is 0.500 bits per heavy atom. The van der Waals surface area contributed by atoms with Crippen LogP contribution in [-0.4, -0.2) is 286 Å². The molecule has 0 radical (unpaired) electrons. The normalized spacial score (nSPS) is 20.4. The number of piperidine rings is 7. The molecule has 0 spiro atoms. The molecule has 3 unspecified atom stereocenters. The largest absolute Gasteiger partial charge is 0.392 e. The van der Waals surface area contributed by atoms with Crippen LogP contribution in [0.25, 0.3) is 0 Å². The van der Waals surface area contributed by atoms with Crippen molar-refractivity contribution in [2.75, 3.05) is 171 Å². The Morgan fingerprint density at radius 2 is 0.902 bits per heavy atom. The summed E-state index contributed by atoms with van der Waals surface area (Å²) in [7, 11) is 10.7. The quantitative estimate of drug-likeness (QED) is 0.0200. The van der Waals surface area contributed by atoms with E-state index in [2.05, 4.69) is 97.6 Å². The van der Waals surface area contributed by atoms with E-state index in [4.69, 9.17) is 56.8 Å². The van der Waals surface area contributed by atoms with Crippen LogP contribution < -0.4 is 5.56 Å². The van der Waals surface area contributed by atoms with Gasteiger partial charge in [-0.05, 0) is 401 Å². The number of fused-ring (bicyclic) bond motifs is 3. The third-order valence-corrected chi connectivity index (χ3v) is 28.4. The third kappa shape index (κ3) is 40.9. The minimum absolute atomic E-state index is 0. The van der Waals surface area contributed by atoms with E-state index in [-0.39, 0.29) is 61.5 Å². The topological polar surface area (TPSA) is 253 Å². The summed E-state index contributed by atoms with van der Waals surface area (Å²) in [4.78, 5) is 103. The fourth-order valence-electron chi connectivity index (χ4n) is 19.1. The first-order valence-corrected chi connectivity index (χ1v) is 51.2. The van der Waals surface area contributed by atoms with Gasteiger partial charge < -0.3 is 48.7 Å². The smallest absolute Gasteiger partial charge is 0.267 e. The number of likely N-dealkylation sites (tertiary alicyclic amines) is 6. The molecule has 23 nitrogen and oxygen atoms in total. The average Bonchev–Trinajstić information content (AvgIpc) is 1.65. The molecule has 0 amide bonds. The number of aldehydes is 1. The summed E-state index contributed by atoms with van der Waals surface area (Å²) in [6.45, 7) is 32.2. The number of aliphatic hydroxyl groups is 1. The van der Waals surface area contributed by atoms with Crippen LogP contribution >= 0.6 is 53.7 Å². The standard InChI is InChI=1S/C14H26ClNO2.C14H24ClNO2.C14H23N3.C13H20ClN3.C13H21N3O.C9H17NO.C6H11NO.C5H9ClO.C5H11O2P.CH4.H2/c2*1-11(17)14(13(18)5-3-4-8-15)12-6-9-16(2)10-7-12;1-11-14(12-6-9-16(2)10-7-12)13-5-3-4-8-17(13)15-11;1-10-13(11-5-8-16(14)9-6-11)12-4-2-3-7-17(12)15-10;1-15-8-5-10(6-9-15)12-11-4-2-3-7-16(11)14-13(12)17;1-8(11)7-9-3-5-10(2)6-4-9;1-7-4-2-6(8)3-5-7;6-4-2-1-3-5-7;1-5(6)4-8(2,3)7;;/h12-14,18H,3-10H2,1-2H3;12,14H,3-10H2,1-2H3;12H,3-10H2,1-2H3;11H,2-9H2,1H3;10H,2-9H2,1H3,(H,14,17);9H,3-7H2,1-2H3;2-5H2,1H3;5H,1-4H2;4H2,1-3H3;1H4;1H/i;;;;;;;;;;1+1. The number of Topliss-reactive ketones (excluding diaryl/α,β-unsaturated/α-hetero) is 6. The van der Waals surface area contributed by atoms with Crippen LogP contribution in [0.4, 0.5) is 0 Å². The fourth-order valence-corrected chi connectivity index (χ4v) is 21.0. The molecule has 0 saturated carbocycles. The molecule has 3 aromatic rings. The molecule has 3 atom stereocenters. The number of ketones is 6. The molecule has 2 N–H and O–H groups in total. The van der Waals surface area contributed by atoms with Crippen molar-refractivity contribution < 1.29 is 44.7 Å². The van der Waals surface area contributed by atoms with Crippen LogP contribution in [0.2, 0.25) is 0 Å². The number of rotatable bonds is 25. The van der Waals surface area contributed by atoms with Gasteiger partial charge in [0.05, 0.1) is 36.7 Å². The first kappa shape index (κ1) is 111. The first-order valence-electron chi connectivity index (χ1n) is 46.5. The van der Waals surface area contributed by atoms with E-state index in [1.165, 1.54) is 133 Å². The lowest BCUT2D eigenvalue weighted by molar-refractivity contribution is -0.135. The van der Waals surface area contributed by atoms with Crippen molar-refractivity contribution in [1.29, 1.82) is 0 Å². The van der Waals surface area contributed by atoms with Gasteiger partial charge in [-0.25, -0.2) is 4.42 Å². The van der Waals surface area contributed by atoms with Crippen LogP contribution in [-0.2, 0) is 77.0 Å². The van der Waals surface area contributed by atoms with Gasteiger partial charge in [0, 0.05) is 126 Å². The Morgan fingerprint density at radius 3 is 1.31 bits per heavy atom. The Balaban J connectivity index is 0.000000363. The van der Waals surface area contributed by atoms with Crippen LogP contribution in [0.3, 0.4) is 0 Å². The molecule has 0 aromatic carbocycles. The lowest BCUT2D eigenvalue weighted by Gasteiger charge is -2.35. The number of aliphatic hydroxyl groups excluding tert-OH is 1. The highest BCUT2D eigenvalue weighted by atomic mass is 35.5. The summed E-state index contributed by atoms with van der Waals surface area (Å²) < 4.78 is 19.4. The number of hydrogen-bond donors (Lipinski definition) is 2. The van der Waals surface area contributed by atoms with Crippen molar-refractivity contribution in [3.63, 3.8) is 0 Å². The van der Waals surface area contributed by atoms with Crippen LogP contribution in [0, 0.1) is 43.4 Å². The predicted octanol–water partition coefficient (Wildman–Crippen LogP) is 16.6. The number of nitrogens with one attached hydrogen (secondary N) is 1. The van der Waals surface area contributed by atoms with Gasteiger partial charge in [-0.2, -0.15) is 10.2 Å². The number of nitrogens with zero attached hydrogens (tertiary/aromatic N) is 12. The zero-order valence-electron chi connectivity index (χ0n) is 77.4. The van der Waals surface area contributed by atoms with Crippen molar-refractivity contribution in [2.24, 2.45) is 29.6 Å². The number of aromatic amines is 1. The summed E-state index contributed by atoms with van der Waals surface area (Å²) in [6, 6.07) is 0. The molecule has 0 bridgehead atoms. The van der Waals surface area contributed by atoms with Crippen molar-refractivity contribution in [3.8, 4) is 0 Å². The van der Waals surface area contributed by atoms with Crippen LogP contribution in [0.5, 0.6) is 0 Å². The van der Waals surface area contributed by atoms with Gasteiger partial charge in [0.1, 0.15) is 41.0 Å². The predicted molar refractivity (Wildman–Crippen MR) is 507 cm³/mol. The molecule has 10 aliphatic rings. The zero-order valence-corrected chi connectivity index (χ0v) is 81.3. The Kier molecular flexibility index (Phi) is 54.5. The van der Waals surface area contributed by atoms with Gasteiger partial charge in [-0.1, -0.05) is 7.43 Å². The molecule has 10 aliphatic heterocycles. The van der Waals surface area contributed by atoms with Crippen molar-refractivity contribution in [3.05, 3.63) is 55.5 Å². The second-order valence-corrected chi connectivity index (χ2v) is 42.2. The van der Waals surface area contributed by atoms with E-state index in [1.807, 2.05) is 11.5 Å². The highest BCUT2D eigenvalue weighted by Gasteiger charge is 2.37. The second-order valence-electron chi connectivity index (χ2n) is 37.2. The Labute approximate surface area is 758 Å². The highest BCUT2D eigenvalue weighted by molar-refractivity contribution is 7.63. The van der Waals surface area contributed by atoms with Crippen LogP contribution in [0.1, 0.15) is 292 Å². The maximum atomic E-state index is 12.2. The van der Waals surface area contributed by atoms with Crippen molar-refractivity contribution in [1.82, 2.24) is 63.2 Å². The molecular formula is C94H168Cl4N13O10P. The molecule has 13 rings (SSSR count). The van der Waals surface area contributed by atoms with Crippen molar-refractivity contribution >= 4 is 94.7 Å². The molecule has 13 heterocycles. The third-order valence-electron chi connectivity index (χ3n) is 26.0. The number of hydrogen-bond acceptors (Lipinski definition) is 19. The highest BCUT2D eigenvalue weighted by Crippen LogP contribution is 2.39. The number of aryl methyl sites for hydroxylation is 5. The van der Waals surface area contributed by atoms with E-state index < -0.39 is 13.2 Å². The molecule has 702 valence electrons. The van der Waals surface area contributed by atoms with Crippen LogP contribution in [0.15, 0.2) is 4.79 Å². The number of carbonyl (C=O) groups is 7. The van der Waals surface area contributed by atoms with E-state index in [9.17, 15) is 48.0 Å². The zero-order chi connectivity index (χ0) is 89.1. The van der Waals surface area contributed by atoms with Crippen molar-refractivity contribution in [2.45, 2.75) is 304 Å². The minimum atomic E-state index is -2.07. The minimum Gasteiger partial charge on any atom is -0.392 e. The molecule has 7 saturated heterocycles. The van der Waals surface area contributed by atoms with E-state index in [0.717, 1.165) is 219 Å². The molecule has 122 heavy (non-hydrogen) atoms. The fraction of sp³-hybridized carbons (Fsp3) is 0.830. The summed E-state index contributed by atoms with van der Waals surface area (Å²) in [5.41, 5.74) is 11.4. The number of H-pyrrole nitrogens is 1. The van der Waals surface area contributed by atoms with Gasteiger partial charge in [-0.15, -0.1) is 34.8 Å². The maximum Gasteiger partial charge on any atom is 0.267 e. The monoisotopic (exact) mass is 1810 g/mol. The Bertz CT molecular complexity index is 3530. The lowest BCUT2D eigenvalue weighted by Crippen LogP contribution is -2.40. The number of halogens is 4. The summed E-state index contributed by atoms with van der Waals surface area (Å²) in [5.74, 6) is 5.67. The number of alkyl halides is 3. The van der Waals surface area contributed by atoms with Gasteiger partial charge in [0.15, 0.2) is 0 Å². The SMILES string of the molecule is C.CC(=O)C(C(=O)CCCCCl)C1CCN(C)CC1.CC(=O)C(C(O)CCCCCl)C1CCN(C)CC1.CC(=O)CC1CCN(C)CC1.CC(=O)CP(C)(C)=O.CN1CCC(=O)CC1.CN1CCC(c2c3n([nH]c2=O)CCCC3)CC1.Cc1nn2c(c1C1CCN(C)CC1)CCCC2.Cc1nn2c(c1C1CCN(Cl)CC1)CCCC2.O=CCCCCCl.[2HH]. The molecule has 28 heteroatoms. The number of aromatic nitrogens is 6. The summed E-state index contributed by atoms with van der Waals surface area (Å²) in [5, 5.41) is 22.7. The molecule has 7 fully saturated rings. The lowest BCUT2D eigenvalue weighted by atomic mass is 9.77. The second kappa shape index (κ2) is 60.1. The summed E-state index contributed by atoms with van der Waals surface area (Å²) >= 11 is 22.6. The van der Waals surface area contributed by atoms with E-state index >= 15 is 0 Å². The average molecular weight is 1810 g/mol. The maximum absolute atomic E-state index is 12.2. The van der Waals surface area contributed by atoms with Gasteiger partial charge in [0.25, 0.3) is 5.56 Å². The first-order chi connectivity index (χ1) is 57.7. The molecule has 3 aromatic heterocycles. The Hall–Kier alpha value is -3.81. The summed E-state index contributed by atoms with van der Waals surface area (Å²) in [6.07, 6.45) is 35.1. The molecule has 0 aliphatic carbocycles. The molecular weight excluding hydrogens is 1640 g/mol. The van der Waals surface area contributed by atoms with E-state index in [1.54, 1.807) is 50.9 Å². The van der Waals surface area contributed by atoms with Gasteiger partial charge in [-0.3, -0.25) is 47.9 Å². The van der Waals surface area contributed by atoms with Gasteiger partial charge >= 0.3 is 0 Å². The van der Waals surface area contributed by atoms with E-state index in [0.29, 0.717) is 72.1 Å². The number of unbranched alkanes of at least 4 members (excludes halogenated alkanes) is 4. The van der Waals surface area contributed by atoms with Gasteiger partial charge in [0.2, 0.25) is 0 Å².